The van der Waals surface area contributed by atoms with Crippen molar-refractivity contribution in [2.24, 2.45) is 0 Å². The molecule has 0 fully saturated rings. The Bertz CT molecular complexity index is 1130. The summed E-state index contributed by atoms with van der Waals surface area (Å²) < 4.78 is 0. The Hall–Kier alpha value is -2.84. The number of aromatic amines is 1. The van der Waals surface area contributed by atoms with E-state index in [1.165, 1.54) is 50.0 Å². The van der Waals surface area contributed by atoms with Crippen molar-refractivity contribution in [2.45, 2.75) is 12.8 Å². The molecule has 0 saturated carbocycles. The first kappa shape index (κ1) is 16.3. The van der Waals surface area contributed by atoms with Crippen molar-refractivity contribution in [3.8, 4) is 22.4 Å². The van der Waals surface area contributed by atoms with Crippen LogP contribution in [0.5, 0.6) is 0 Å². The minimum Gasteiger partial charge on any atom is -0.354 e. The van der Waals surface area contributed by atoms with Crippen LogP contribution in [-0.2, 0) is 12.8 Å². The third kappa shape index (κ3) is 2.77. The summed E-state index contributed by atoms with van der Waals surface area (Å²) in [5, 5.41) is 1.35. The van der Waals surface area contributed by atoms with Gasteiger partial charge in [0.2, 0.25) is 0 Å². The number of rotatable bonds is 4. The minimum atomic E-state index is 1.03. The van der Waals surface area contributed by atoms with Gasteiger partial charge < -0.3 is 9.88 Å². The van der Waals surface area contributed by atoms with Crippen LogP contribution in [0.4, 0.5) is 0 Å². The lowest BCUT2D eigenvalue weighted by Gasteiger charge is -2.11. The van der Waals surface area contributed by atoms with Gasteiger partial charge in [0.25, 0.3) is 0 Å². The van der Waals surface area contributed by atoms with Crippen LogP contribution in [0.3, 0.4) is 0 Å². The predicted molar refractivity (Wildman–Crippen MR) is 114 cm³/mol. The molecule has 2 heteroatoms. The summed E-state index contributed by atoms with van der Waals surface area (Å²) in [5.41, 5.74) is 10.9. The summed E-state index contributed by atoms with van der Waals surface area (Å²) >= 11 is 0. The zero-order valence-corrected chi connectivity index (χ0v) is 15.9. The largest absolute Gasteiger partial charge is 0.354 e. The molecule has 0 bridgehead atoms. The molecule has 0 atom stereocenters. The van der Waals surface area contributed by atoms with Crippen molar-refractivity contribution in [1.82, 2.24) is 9.88 Å². The molecule has 0 saturated heterocycles. The number of nitrogens with zero attached hydrogens (tertiary/aromatic N) is 1. The third-order valence-corrected chi connectivity index (χ3v) is 5.71. The van der Waals surface area contributed by atoms with E-state index >= 15 is 0 Å². The van der Waals surface area contributed by atoms with Crippen LogP contribution >= 0.6 is 0 Å². The van der Waals surface area contributed by atoms with Crippen molar-refractivity contribution >= 4 is 10.9 Å². The van der Waals surface area contributed by atoms with Gasteiger partial charge in [-0.1, -0.05) is 54.6 Å². The van der Waals surface area contributed by atoms with E-state index in [0.29, 0.717) is 0 Å². The molecule has 2 nitrogen and oxygen atoms in total. The van der Waals surface area contributed by atoms with Gasteiger partial charge in [-0.25, -0.2) is 0 Å². The second-order valence-electron chi connectivity index (χ2n) is 7.78. The van der Waals surface area contributed by atoms with Crippen molar-refractivity contribution in [3.63, 3.8) is 0 Å². The molecule has 1 aromatic heterocycles. The highest BCUT2D eigenvalue weighted by atomic mass is 15.0. The molecule has 27 heavy (non-hydrogen) atoms. The van der Waals surface area contributed by atoms with E-state index in [0.717, 1.165) is 19.4 Å². The van der Waals surface area contributed by atoms with E-state index in [4.69, 9.17) is 0 Å². The minimum absolute atomic E-state index is 1.03. The number of fused-ring (bicyclic) bond motifs is 4. The van der Waals surface area contributed by atoms with E-state index in [2.05, 4.69) is 90.7 Å². The summed E-state index contributed by atoms with van der Waals surface area (Å²) in [4.78, 5) is 5.95. The van der Waals surface area contributed by atoms with Gasteiger partial charge >= 0.3 is 0 Å². The van der Waals surface area contributed by atoms with Crippen LogP contribution in [-0.4, -0.2) is 30.5 Å². The number of hydrogen-bond acceptors (Lipinski definition) is 1. The predicted octanol–water partition coefficient (Wildman–Crippen LogP) is 5.51. The monoisotopic (exact) mass is 352 g/mol. The van der Waals surface area contributed by atoms with Crippen LogP contribution in [0.1, 0.15) is 16.7 Å². The molecule has 0 radical (unpaired) electrons. The van der Waals surface area contributed by atoms with Crippen molar-refractivity contribution < 1.29 is 0 Å². The molecule has 134 valence electrons. The fourth-order valence-electron chi connectivity index (χ4n) is 4.34. The van der Waals surface area contributed by atoms with Gasteiger partial charge in [0.1, 0.15) is 0 Å². The Balaban J connectivity index is 1.62. The molecule has 0 spiro atoms. The molecule has 3 aromatic carbocycles. The van der Waals surface area contributed by atoms with E-state index in [1.54, 1.807) is 0 Å². The van der Waals surface area contributed by atoms with Gasteiger partial charge in [0.05, 0.1) is 0 Å². The Morgan fingerprint density at radius 1 is 0.852 bits per heavy atom. The van der Waals surface area contributed by atoms with Gasteiger partial charge in [-0.05, 0) is 72.5 Å². The number of para-hydroxylation sites is 1. The molecule has 1 aliphatic carbocycles. The van der Waals surface area contributed by atoms with Gasteiger partial charge in [0, 0.05) is 23.1 Å². The van der Waals surface area contributed by atoms with Crippen LogP contribution in [0, 0.1) is 0 Å². The van der Waals surface area contributed by atoms with E-state index in [9.17, 15) is 0 Å². The Morgan fingerprint density at radius 3 is 2.52 bits per heavy atom. The van der Waals surface area contributed by atoms with E-state index < -0.39 is 0 Å². The number of likely N-dealkylation sites (N-methyl/N-ethyl adjacent to an activating group) is 1. The average molecular weight is 352 g/mol. The first-order valence-electron chi connectivity index (χ1n) is 9.66. The SMILES string of the molecule is CN(C)CCc1c(-c2ccc3c(c2)Cc2ccccc2-3)[nH]c2ccccc12. The first-order chi connectivity index (χ1) is 13.2. The molecule has 1 aliphatic rings. The molecule has 0 amide bonds. The lowest BCUT2D eigenvalue weighted by atomic mass is 9.98. The molecule has 1 N–H and O–H groups in total. The van der Waals surface area contributed by atoms with Gasteiger partial charge in [-0.15, -0.1) is 0 Å². The standard InChI is InChI=1S/C25H24N2/c1-27(2)14-13-23-22-9-5-6-10-24(22)26-25(23)18-11-12-21-19(16-18)15-17-7-3-4-8-20(17)21/h3-12,16,26H,13-15H2,1-2H3. The molecular formula is C25H24N2. The Morgan fingerprint density at radius 2 is 1.63 bits per heavy atom. The highest BCUT2D eigenvalue weighted by molar-refractivity contribution is 5.91. The average Bonchev–Trinajstić information content (AvgIpc) is 3.24. The summed E-state index contributed by atoms with van der Waals surface area (Å²) in [6.45, 7) is 1.05. The maximum absolute atomic E-state index is 3.70. The number of hydrogen-bond donors (Lipinski definition) is 1. The maximum atomic E-state index is 3.70. The van der Waals surface area contributed by atoms with E-state index in [-0.39, 0.29) is 0 Å². The fraction of sp³-hybridized carbons (Fsp3) is 0.200. The smallest absolute Gasteiger partial charge is 0.0497 e. The quantitative estimate of drug-likeness (QED) is 0.452. The van der Waals surface area contributed by atoms with Gasteiger partial charge in [0.15, 0.2) is 0 Å². The van der Waals surface area contributed by atoms with E-state index in [1.807, 2.05) is 0 Å². The third-order valence-electron chi connectivity index (χ3n) is 5.71. The molecule has 0 aliphatic heterocycles. The number of aromatic nitrogens is 1. The molecular weight excluding hydrogens is 328 g/mol. The number of benzene rings is 3. The fourth-order valence-corrected chi connectivity index (χ4v) is 4.34. The normalized spacial score (nSPS) is 12.6. The second kappa shape index (κ2) is 6.40. The van der Waals surface area contributed by atoms with Crippen molar-refractivity contribution in [1.29, 1.82) is 0 Å². The molecule has 0 unspecified atom stereocenters. The second-order valence-corrected chi connectivity index (χ2v) is 7.78. The lowest BCUT2D eigenvalue weighted by Crippen LogP contribution is -2.15. The molecule has 1 heterocycles. The lowest BCUT2D eigenvalue weighted by molar-refractivity contribution is 0.414. The van der Waals surface area contributed by atoms with Gasteiger partial charge in [-0.3, -0.25) is 0 Å². The zero-order valence-electron chi connectivity index (χ0n) is 15.9. The van der Waals surface area contributed by atoms with Crippen LogP contribution in [0.2, 0.25) is 0 Å². The molecule has 4 aromatic rings. The summed E-state index contributed by atoms with van der Waals surface area (Å²) in [6.07, 6.45) is 2.08. The summed E-state index contributed by atoms with van der Waals surface area (Å²) in [7, 11) is 4.28. The highest BCUT2D eigenvalue weighted by Crippen LogP contribution is 2.39. The highest BCUT2D eigenvalue weighted by Gasteiger charge is 2.20. The van der Waals surface area contributed by atoms with Crippen molar-refractivity contribution in [3.05, 3.63) is 83.4 Å². The first-order valence-corrected chi connectivity index (χ1v) is 9.66. The Labute approximate surface area is 160 Å². The topological polar surface area (TPSA) is 19.0 Å². The van der Waals surface area contributed by atoms with Crippen LogP contribution < -0.4 is 0 Å². The van der Waals surface area contributed by atoms with Gasteiger partial charge in [-0.2, -0.15) is 0 Å². The zero-order chi connectivity index (χ0) is 18.4. The van der Waals surface area contributed by atoms with Crippen molar-refractivity contribution in [2.75, 3.05) is 20.6 Å². The van der Waals surface area contributed by atoms with Crippen LogP contribution in [0.25, 0.3) is 33.3 Å². The number of H-pyrrole nitrogens is 1. The summed E-state index contributed by atoms with van der Waals surface area (Å²) in [6, 6.07) is 24.4. The Kier molecular flexibility index (Phi) is 3.87. The van der Waals surface area contributed by atoms with Crippen LogP contribution in [0.15, 0.2) is 66.7 Å². The maximum Gasteiger partial charge on any atom is 0.0497 e. The molecule has 5 rings (SSSR count). The summed E-state index contributed by atoms with van der Waals surface area (Å²) in [5.74, 6) is 0. The number of nitrogens with one attached hydrogen (secondary N) is 1.